The Balaban J connectivity index is 1.73. The Kier molecular flexibility index (Phi) is 11.3. The maximum Gasteiger partial charge on any atom is 0.188 e. The van der Waals surface area contributed by atoms with Gasteiger partial charge in [-0.3, -0.25) is 0 Å². The van der Waals surface area contributed by atoms with Gasteiger partial charge in [0.2, 0.25) is 0 Å². The number of methoxy groups -OCH3 is 2. The molecule has 256 valence electrons. The third-order valence-electron chi connectivity index (χ3n) is 8.38. The van der Waals surface area contributed by atoms with Gasteiger partial charge < -0.3 is 43.0 Å². The Hall–Kier alpha value is -3.02. The van der Waals surface area contributed by atoms with E-state index in [-0.39, 0.29) is 24.4 Å². The minimum atomic E-state index is -1.79. The number of aliphatic hydroxyl groups is 1. The van der Waals surface area contributed by atoms with E-state index in [1.165, 1.54) is 0 Å². The predicted octanol–water partition coefficient (Wildman–Crippen LogP) is 7.03. The van der Waals surface area contributed by atoms with Crippen LogP contribution in [0.3, 0.4) is 0 Å². The van der Waals surface area contributed by atoms with Crippen LogP contribution in [0.25, 0.3) is 0 Å². The molecule has 0 bridgehead atoms. The van der Waals surface area contributed by atoms with E-state index >= 15 is 0 Å². The second kappa shape index (κ2) is 15.0. The topological polar surface area (TPSA) is 94.1 Å². The number of ether oxygens (including phenoxy) is 8. The highest BCUT2D eigenvalue weighted by molar-refractivity contribution is 5.58. The molecule has 2 aliphatic rings. The summed E-state index contributed by atoms with van der Waals surface area (Å²) in [5.41, 5.74) is 2.19. The van der Waals surface area contributed by atoms with E-state index in [2.05, 4.69) is 40.7 Å². The first-order chi connectivity index (χ1) is 22.5. The Morgan fingerprint density at radius 2 is 1.17 bits per heavy atom. The van der Waals surface area contributed by atoms with E-state index in [0.717, 1.165) is 29.5 Å². The molecule has 0 saturated carbocycles. The van der Waals surface area contributed by atoms with Crippen molar-refractivity contribution in [3.05, 3.63) is 94.0 Å². The van der Waals surface area contributed by atoms with Crippen molar-refractivity contribution in [2.24, 2.45) is 10.8 Å². The van der Waals surface area contributed by atoms with Gasteiger partial charge in [0.1, 0.15) is 17.1 Å². The fourth-order valence-electron chi connectivity index (χ4n) is 5.92. The third kappa shape index (κ3) is 8.17. The van der Waals surface area contributed by atoms with E-state index in [4.69, 9.17) is 37.9 Å². The Labute approximate surface area is 279 Å². The quantitative estimate of drug-likeness (QED) is 0.155. The molecule has 0 amide bonds. The van der Waals surface area contributed by atoms with Crippen molar-refractivity contribution < 1.29 is 43.0 Å². The fourth-order valence-corrected chi connectivity index (χ4v) is 5.92. The highest BCUT2D eigenvalue weighted by atomic mass is 16.7. The average molecular weight is 651 g/mol. The monoisotopic (exact) mass is 650 g/mol. The van der Waals surface area contributed by atoms with Gasteiger partial charge in [-0.25, -0.2) is 0 Å². The van der Waals surface area contributed by atoms with Gasteiger partial charge >= 0.3 is 0 Å². The molecule has 2 saturated heterocycles. The Morgan fingerprint density at radius 3 is 1.60 bits per heavy atom. The van der Waals surface area contributed by atoms with Crippen LogP contribution in [0, 0.1) is 10.8 Å². The molecule has 1 N–H and O–H groups in total. The smallest absolute Gasteiger partial charge is 0.188 e. The lowest BCUT2D eigenvalue weighted by Gasteiger charge is -2.37. The lowest BCUT2D eigenvalue weighted by molar-refractivity contribution is -0.226. The summed E-state index contributed by atoms with van der Waals surface area (Å²) in [5.74, 6) is 0.871. The molecule has 0 aliphatic carbocycles. The molecule has 9 heteroatoms. The first kappa shape index (κ1) is 35.3. The summed E-state index contributed by atoms with van der Waals surface area (Å²) in [7, 11) is 3.12. The van der Waals surface area contributed by atoms with Crippen LogP contribution in [0.5, 0.6) is 11.5 Å². The normalized spacial score (nSPS) is 18.6. The molecule has 2 heterocycles. The lowest BCUT2D eigenvalue weighted by Crippen LogP contribution is -2.35. The summed E-state index contributed by atoms with van der Waals surface area (Å²) in [5, 5.41) is 13.5. The van der Waals surface area contributed by atoms with Gasteiger partial charge in [0.15, 0.2) is 26.2 Å². The van der Waals surface area contributed by atoms with Crippen molar-refractivity contribution in [3.63, 3.8) is 0 Å². The summed E-state index contributed by atoms with van der Waals surface area (Å²) < 4.78 is 47.6. The largest absolute Gasteiger partial charge is 0.467 e. The van der Waals surface area contributed by atoms with Crippen molar-refractivity contribution >= 4 is 0 Å². The van der Waals surface area contributed by atoms with Gasteiger partial charge in [-0.05, 0) is 41.8 Å². The molecule has 2 fully saturated rings. The number of aryl methyl sites for hydroxylation is 1. The highest BCUT2D eigenvalue weighted by Gasteiger charge is 2.42. The highest BCUT2D eigenvalue weighted by Crippen LogP contribution is 2.48. The SMILES string of the molecule is CCCc1cccc(C(O)(c2cc(C3OCC(C)(C)CO3)ccc2OCOC)c2cc(C3OCC(C)(C)CO3)ccc2OCOC)c1. The van der Waals surface area contributed by atoms with Gasteiger partial charge in [-0.2, -0.15) is 0 Å². The molecule has 0 radical (unpaired) electrons. The molecule has 3 aromatic rings. The predicted molar refractivity (Wildman–Crippen MR) is 177 cm³/mol. The first-order valence-electron chi connectivity index (χ1n) is 16.3. The van der Waals surface area contributed by atoms with E-state index in [1.54, 1.807) is 14.2 Å². The molecule has 5 rings (SSSR count). The van der Waals surface area contributed by atoms with E-state index < -0.39 is 18.2 Å². The maximum atomic E-state index is 13.5. The van der Waals surface area contributed by atoms with Crippen molar-refractivity contribution in [3.8, 4) is 11.5 Å². The van der Waals surface area contributed by atoms with Crippen LogP contribution in [0.15, 0.2) is 60.7 Å². The zero-order valence-electron chi connectivity index (χ0n) is 28.8. The number of benzene rings is 3. The van der Waals surface area contributed by atoms with Crippen LogP contribution in [0.2, 0.25) is 0 Å². The van der Waals surface area contributed by atoms with Crippen LogP contribution in [0.1, 0.15) is 87.0 Å². The zero-order chi connectivity index (χ0) is 33.7. The van der Waals surface area contributed by atoms with Crippen LogP contribution in [0.4, 0.5) is 0 Å². The van der Waals surface area contributed by atoms with Gasteiger partial charge in [-0.15, -0.1) is 0 Å². The number of rotatable bonds is 13. The lowest BCUT2D eigenvalue weighted by atomic mass is 9.77. The van der Waals surface area contributed by atoms with Crippen LogP contribution >= 0.6 is 0 Å². The van der Waals surface area contributed by atoms with Crippen molar-refractivity contribution in [1.29, 1.82) is 0 Å². The molecule has 2 aliphatic heterocycles. The Bertz CT molecular complexity index is 1380. The molecule has 0 aromatic heterocycles. The van der Waals surface area contributed by atoms with Gasteiger partial charge in [0, 0.05) is 47.3 Å². The molecule has 9 nitrogen and oxygen atoms in total. The molecule has 0 unspecified atom stereocenters. The molecule has 0 atom stereocenters. The van der Waals surface area contributed by atoms with E-state index in [0.29, 0.717) is 54.6 Å². The summed E-state index contributed by atoms with van der Waals surface area (Å²) >= 11 is 0. The average Bonchev–Trinajstić information content (AvgIpc) is 3.06. The summed E-state index contributed by atoms with van der Waals surface area (Å²) in [4.78, 5) is 0. The Morgan fingerprint density at radius 1 is 0.702 bits per heavy atom. The minimum Gasteiger partial charge on any atom is -0.467 e. The van der Waals surface area contributed by atoms with Crippen LogP contribution in [-0.4, -0.2) is 59.3 Å². The summed E-state index contributed by atoms with van der Waals surface area (Å²) in [6, 6.07) is 19.2. The second-order valence-electron chi connectivity index (χ2n) is 14.0. The summed E-state index contributed by atoms with van der Waals surface area (Å²) in [6.07, 6.45) is 0.577. The first-order valence-corrected chi connectivity index (χ1v) is 16.3. The van der Waals surface area contributed by atoms with Gasteiger partial charge in [-0.1, -0.05) is 77.4 Å². The van der Waals surface area contributed by atoms with E-state index in [9.17, 15) is 5.11 Å². The maximum absolute atomic E-state index is 13.5. The van der Waals surface area contributed by atoms with Crippen LogP contribution < -0.4 is 9.47 Å². The molecular weight excluding hydrogens is 600 g/mol. The fraction of sp³-hybridized carbons (Fsp3) is 0.526. The number of hydrogen-bond acceptors (Lipinski definition) is 9. The third-order valence-corrected chi connectivity index (χ3v) is 8.38. The van der Waals surface area contributed by atoms with Gasteiger partial charge in [0.05, 0.1) is 26.4 Å². The van der Waals surface area contributed by atoms with Crippen molar-refractivity contribution in [2.45, 2.75) is 65.6 Å². The van der Waals surface area contributed by atoms with Crippen molar-refractivity contribution in [1.82, 2.24) is 0 Å². The second-order valence-corrected chi connectivity index (χ2v) is 14.0. The number of hydrogen-bond donors (Lipinski definition) is 1. The molecular formula is C38H50O9. The molecule has 0 spiro atoms. The van der Waals surface area contributed by atoms with Crippen LogP contribution in [-0.2, 0) is 40.4 Å². The van der Waals surface area contributed by atoms with E-state index in [1.807, 2.05) is 54.6 Å². The molecule has 3 aromatic carbocycles. The minimum absolute atomic E-state index is 0.0183. The zero-order valence-corrected chi connectivity index (χ0v) is 28.8. The molecule has 47 heavy (non-hydrogen) atoms. The van der Waals surface area contributed by atoms with Gasteiger partial charge in [0.25, 0.3) is 0 Å². The summed E-state index contributed by atoms with van der Waals surface area (Å²) in [6.45, 7) is 12.7. The van der Waals surface area contributed by atoms with Crippen molar-refractivity contribution in [2.75, 3.05) is 54.2 Å². The standard InChI is InChI=1S/C38H50O9/c1-8-10-26-11-9-12-29(17-26)38(39,30-18-27(13-15-32(30)46-24-40-6)34-42-20-36(2,3)21-43-34)31-19-28(14-16-33(31)47-25-41-7)35-44-22-37(4,5)23-45-35/h9,11-19,34-35,39H,8,10,20-25H2,1-7H3.